The summed E-state index contributed by atoms with van der Waals surface area (Å²) in [5, 5.41) is 5.14. The van der Waals surface area contributed by atoms with Crippen molar-refractivity contribution >= 4 is 23.4 Å². The normalized spacial score (nSPS) is 11.8. The Morgan fingerprint density at radius 3 is 2.70 bits per heavy atom. The summed E-state index contributed by atoms with van der Waals surface area (Å²) in [6.45, 7) is 1.67. The summed E-state index contributed by atoms with van der Waals surface area (Å²) in [5.41, 5.74) is 0.404. The Labute approximate surface area is 122 Å². The molecule has 0 saturated carbocycles. The molecule has 0 fully saturated rings. The topological polar surface area (TPSA) is 58.2 Å². The molecule has 0 radical (unpaired) electrons. The zero-order valence-electron chi connectivity index (χ0n) is 11.3. The average molecular weight is 301 g/mol. The van der Waals surface area contributed by atoms with E-state index in [-0.39, 0.29) is 30.6 Å². The average Bonchev–Trinajstić information content (AvgIpc) is 2.43. The second kappa shape index (κ2) is 8.53. The summed E-state index contributed by atoms with van der Waals surface area (Å²) in [6, 6.07) is 5.55. The lowest BCUT2D eigenvalue weighted by molar-refractivity contribution is -0.128. The molecule has 0 aliphatic carbocycles. The van der Waals surface area contributed by atoms with E-state index in [4.69, 9.17) is 11.6 Å². The lowest BCUT2D eigenvalue weighted by atomic mass is 10.2. The molecule has 1 aromatic carbocycles. The van der Waals surface area contributed by atoms with Gasteiger partial charge in [0.1, 0.15) is 11.9 Å². The van der Waals surface area contributed by atoms with Crippen LogP contribution in [0.2, 0.25) is 0 Å². The standard InChI is InChI=1S/C14H18ClFN2O2/c1-10(18-13(19)7-4-8-15)14(20)17-9-11-5-2-3-6-12(11)16/h2-3,5-6,10H,4,7-9H2,1H3,(H,17,20)(H,18,19)/t10-/m0/s1. The van der Waals surface area contributed by atoms with Crippen LogP contribution >= 0.6 is 11.6 Å². The zero-order chi connectivity index (χ0) is 15.0. The number of carbonyl (C=O) groups excluding carboxylic acids is 2. The van der Waals surface area contributed by atoms with Gasteiger partial charge in [-0.2, -0.15) is 0 Å². The molecular weight excluding hydrogens is 283 g/mol. The van der Waals surface area contributed by atoms with Gasteiger partial charge in [0.05, 0.1) is 0 Å². The molecule has 0 aliphatic rings. The van der Waals surface area contributed by atoms with E-state index in [2.05, 4.69) is 10.6 Å². The van der Waals surface area contributed by atoms with Crippen molar-refractivity contribution in [1.82, 2.24) is 10.6 Å². The molecule has 2 amide bonds. The molecule has 0 bridgehead atoms. The minimum absolute atomic E-state index is 0.0907. The van der Waals surface area contributed by atoms with E-state index in [0.717, 1.165) is 0 Å². The van der Waals surface area contributed by atoms with Crippen LogP contribution in [0.25, 0.3) is 0 Å². The van der Waals surface area contributed by atoms with Crippen LogP contribution in [0.3, 0.4) is 0 Å². The van der Waals surface area contributed by atoms with Crippen molar-refractivity contribution in [2.75, 3.05) is 5.88 Å². The first-order valence-electron chi connectivity index (χ1n) is 6.41. The number of alkyl halides is 1. The maximum atomic E-state index is 13.4. The first-order valence-corrected chi connectivity index (χ1v) is 6.94. The van der Waals surface area contributed by atoms with Crippen LogP contribution in [-0.2, 0) is 16.1 Å². The maximum Gasteiger partial charge on any atom is 0.242 e. The SMILES string of the molecule is C[C@H](NC(=O)CCCCl)C(=O)NCc1ccccc1F. The number of hydrogen-bond acceptors (Lipinski definition) is 2. The Hall–Kier alpha value is -1.62. The summed E-state index contributed by atoms with van der Waals surface area (Å²) in [6.07, 6.45) is 0.853. The second-order valence-corrected chi connectivity index (χ2v) is 4.77. The lowest BCUT2D eigenvalue weighted by Crippen LogP contribution is -2.44. The molecule has 4 nitrogen and oxygen atoms in total. The van der Waals surface area contributed by atoms with Crippen LogP contribution in [0.4, 0.5) is 4.39 Å². The van der Waals surface area contributed by atoms with Crippen molar-refractivity contribution in [3.8, 4) is 0 Å². The van der Waals surface area contributed by atoms with E-state index in [9.17, 15) is 14.0 Å². The number of rotatable bonds is 7. The highest BCUT2D eigenvalue weighted by atomic mass is 35.5. The fraction of sp³-hybridized carbons (Fsp3) is 0.429. The summed E-state index contributed by atoms with van der Waals surface area (Å²) < 4.78 is 13.4. The molecule has 0 heterocycles. The van der Waals surface area contributed by atoms with Crippen molar-refractivity contribution in [3.63, 3.8) is 0 Å². The first-order chi connectivity index (χ1) is 9.54. The van der Waals surface area contributed by atoms with Gasteiger partial charge in [0, 0.05) is 24.4 Å². The van der Waals surface area contributed by atoms with Gasteiger partial charge >= 0.3 is 0 Å². The highest BCUT2D eigenvalue weighted by Gasteiger charge is 2.15. The summed E-state index contributed by atoms with van der Waals surface area (Å²) in [4.78, 5) is 23.2. The largest absolute Gasteiger partial charge is 0.350 e. The van der Waals surface area contributed by atoms with Gasteiger partial charge in [-0.15, -0.1) is 11.6 Å². The summed E-state index contributed by atoms with van der Waals surface area (Å²) in [5.74, 6) is -0.542. The van der Waals surface area contributed by atoms with Crippen molar-refractivity contribution in [3.05, 3.63) is 35.6 Å². The van der Waals surface area contributed by atoms with E-state index < -0.39 is 6.04 Å². The van der Waals surface area contributed by atoms with Gasteiger partial charge < -0.3 is 10.6 Å². The number of hydrogen-bond donors (Lipinski definition) is 2. The Kier molecular flexibility index (Phi) is 7.01. The molecule has 20 heavy (non-hydrogen) atoms. The van der Waals surface area contributed by atoms with Crippen molar-refractivity contribution in [2.24, 2.45) is 0 Å². The molecule has 0 unspecified atom stereocenters. The van der Waals surface area contributed by atoms with E-state index in [0.29, 0.717) is 17.9 Å². The molecule has 2 N–H and O–H groups in total. The third kappa shape index (κ3) is 5.57. The Bertz CT molecular complexity index is 468. The van der Waals surface area contributed by atoms with Crippen LogP contribution in [0.1, 0.15) is 25.3 Å². The maximum absolute atomic E-state index is 13.4. The molecule has 1 rings (SSSR count). The van der Waals surface area contributed by atoms with Crippen molar-refractivity contribution in [2.45, 2.75) is 32.4 Å². The van der Waals surface area contributed by atoms with Gasteiger partial charge in [-0.05, 0) is 19.4 Å². The van der Waals surface area contributed by atoms with Crippen LogP contribution in [0.5, 0.6) is 0 Å². The first kappa shape index (κ1) is 16.4. The third-order valence-corrected chi connectivity index (χ3v) is 2.99. The number of amides is 2. The molecule has 110 valence electrons. The molecule has 1 aromatic rings. The summed E-state index contributed by atoms with van der Waals surface area (Å²) >= 11 is 5.48. The quantitative estimate of drug-likeness (QED) is 0.756. The Morgan fingerprint density at radius 2 is 2.05 bits per heavy atom. The number of nitrogens with one attached hydrogen (secondary N) is 2. The predicted octanol–water partition coefficient (Wildman–Crippen LogP) is 1.97. The molecule has 0 saturated heterocycles. The Morgan fingerprint density at radius 1 is 1.35 bits per heavy atom. The Balaban J connectivity index is 2.39. The van der Waals surface area contributed by atoms with E-state index in [1.165, 1.54) is 6.07 Å². The number of carbonyl (C=O) groups is 2. The zero-order valence-corrected chi connectivity index (χ0v) is 12.0. The van der Waals surface area contributed by atoms with E-state index in [1.807, 2.05) is 0 Å². The smallest absolute Gasteiger partial charge is 0.242 e. The molecular formula is C14H18ClFN2O2. The van der Waals surface area contributed by atoms with Gasteiger partial charge in [0.15, 0.2) is 0 Å². The number of halogens is 2. The molecule has 0 aliphatic heterocycles. The van der Waals surface area contributed by atoms with Crippen molar-refractivity contribution in [1.29, 1.82) is 0 Å². The second-order valence-electron chi connectivity index (χ2n) is 4.39. The van der Waals surface area contributed by atoms with Gasteiger partial charge in [-0.1, -0.05) is 18.2 Å². The fourth-order valence-corrected chi connectivity index (χ4v) is 1.72. The van der Waals surface area contributed by atoms with E-state index >= 15 is 0 Å². The van der Waals surface area contributed by atoms with Crippen LogP contribution in [0.15, 0.2) is 24.3 Å². The fourth-order valence-electron chi connectivity index (χ4n) is 1.58. The summed E-state index contributed by atoms with van der Waals surface area (Å²) in [7, 11) is 0. The van der Waals surface area contributed by atoms with Crippen LogP contribution < -0.4 is 10.6 Å². The van der Waals surface area contributed by atoms with Crippen LogP contribution in [-0.4, -0.2) is 23.7 Å². The minimum atomic E-state index is -0.662. The van der Waals surface area contributed by atoms with Crippen LogP contribution in [0, 0.1) is 5.82 Å². The highest BCUT2D eigenvalue weighted by Crippen LogP contribution is 2.05. The van der Waals surface area contributed by atoms with Gasteiger partial charge in [0.2, 0.25) is 11.8 Å². The van der Waals surface area contributed by atoms with Gasteiger partial charge in [0.25, 0.3) is 0 Å². The molecule has 6 heteroatoms. The lowest BCUT2D eigenvalue weighted by Gasteiger charge is -2.14. The molecule has 1 atom stereocenters. The third-order valence-electron chi connectivity index (χ3n) is 2.72. The van der Waals surface area contributed by atoms with Crippen molar-refractivity contribution < 1.29 is 14.0 Å². The van der Waals surface area contributed by atoms with E-state index in [1.54, 1.807) is 25.1 Å². The predicted molar refractivity (Wildman–Crippen MR) is 75.8 cm³/mol. The highest BCUT2D eigenvalue weighted by molar-refractivity contribution is 6.17. The number of benzene rings is 1. The molecule has 0 spiro atoms. The van der Waals surface area contributed by atoms with Gasteiger partial charge in [-0.3, -0.25) is 9.59 Å². The monoisotopic (exact) mass is 300 g/mol. The minimum Gasteiger partial charge on any atom is -0.350 e. The molecule has 0 aromatic heterocycles. The van der Waals surface area contributed by atoms with Gasteiger partial charge in [-0.25, -0.2) is 4.39 Å².